The first-order valence-corrected chi connectivity index (χ1v) is 10.2. The van der Waals surface area contributed by atoms with Gasteiger partial charge in [-0.1, -0.05) is 11.6 Å². The van der Waals surface area contributed by atoms with Crippen molar-refractivity contribution in [1.29, 1.82) is 0 Å². The second-order valence-electron chi connectivity index (χ2n) is 6.98. The average molecular weight is 474 g/mol. The Hall–Kier alpha value is -2.57. The van der Waals surface area contributed by atoms with Gasteiger partial charge in [-0.25, -0.2) is 14.1 Å². The number of fused-ring (bicyclic) bond motifs is 1. The van der Waals surface area contributed by atoms with E-state index in [0.29, 0.717) is 37.0 Å². The molecule has 4 rings (SSSR count). The van der Waals surface area contributed by atoms with Gasteiger partial charge in [-0.15, -0.1) is 5.10 Å². The lowest BCUT2D eigenvalue weighted by atomic mass is 10.1. The van der Waals surface area contributed by atoms with E-state index < -0.39 is 17.1 Å². The summed E-state index contributed by atoms with van der Waals surface area (Å²) in [5.41, 5.74) is 0.446. The summed E-state index contributed by atoms with van der Waals surface area (Å²) in [5.74, 6) is -0.144. The van der Waals surface area contributed by atoms with Crippen LogP contribution in [0.3, 0.4) is 0 Å². The standard InChI is InChI=1S/C17H18Cl2FN7O4/c1-9-13(27(28)29)16(24-26(9)12-3-6-30-8-11(12)20)31-5-2-4-25-15-10(14(18)23-25)7-21-17(19)22-15/h7,11-12H,2-6,8H2,1H3/t11-,12-/m0/s1. The summed E-state index contributed by atoms with van der Waals surface area (Å²) in [5, 5.41) is 20.8. The van der Waals surface area contributed by atoms with Gasteiger partial charge in [0.2, 0.25) is 5.28 Å². The zero-order valence-electron chi connectivity index (χ0n) is 16.4. The maximum absolute atomic E-state index is 14.3. The number of aromatic nitrogens is 6. The second-order valence-corrected chi connectivity index (χ2v) is 7.68. The van der Waals surface area contributed by atoms with Crippen LogP contribution < -0.4 is 4.74 Å². The predicted octanol–water partition coefficient (Wildman–Crippen LogP) is 3.31. The first kappa shape index (κ1) is 21.7. The van der Waals surface area contributed by atoms with Crippen molar-refractivity contribution >= 4 is 39.9 Å². The van der Waals surface area contributed by atoms with Crippen molar-refractivity contribution in [3.8, 4) is 5.88 Å². The molecule has 0 aliphatic carbocycles. The minimum absolute atomic E-state index is 0.0671. The number of hydrogen-bond acceptors (Lipinski definition) is 8. The molecule has 0 amide bonds. The van der Waals surface area contributed by atoms with Crippen molar-refractivity contribution in [3.63, 3.8) is 0 Å². The molecule has 14 heteroatoms. The van der Waals surface area contributed by atoms with Crippen molar-refractivity contribution in [2.24, 2.45) is 0 Å². The Morgan fingerprint density at radius 3 is 2.97 bits per heavy atom. The Balaban J connectivity index is 1.47. The van der Waals surface area contributed by atoms with Gasteiger partial charge < -0.3 is 9.47 Å². The molecule has 4 heterocycles. The molecule has 0 bridgehead atoms. The van der Waals surface area contributed by atoms with Crippen LogP contribution in [0, 0.1) is 17.0 Å². The topological polar surface area (TPSA) is 123 Å². The van der Waals surface area contributed by atoms with Crippen LogP contribution in [0.15, 0.2) is 6.20 Å². The monoisotopic (exact) mass is 473 g/mol. The molecule has 0 radical (unpaired) electrons. The molecule has 31 heavy (non-hydrogen) atoms. The predicted molar refractivity (Wildman–Crippen MR) is 108 cm³/mol. The van der Waals surface area contributed by atoms with Crippen LogP contribution >= 0.6 is 23.2 Å². The quantitative estimate of drug-likeness (QED) is 0.221. The van der Waals surface area contributed by atoms with Crippen LogP contribution in [0.5, 0.6) is 5.88 Å². The van der Waals surface area contributed by atoms with Crippen LogP contribution in [0.2, 0.25) is 10.4 Å². The number of rotatable bonds is 7. The van der Waals surface area contributed by atoms with E-state index >= 15 is 0 Å². The Morgan fingerprint density at radius 1 is 1.42 bits per heavy atom. The first-order valence-electron chi connectivity index (χ1n) is 9.49. The van der Waals surface area contributed by atoms with Gasteiger partial charge in [-0.05, 0) is 24.9 Å². The van der Waals surface area contributed by atoms with Crippen molar-refractivity contribution in [2.45, 2.75) is 38.5 Å². The zero-order chi connectivity index (χ0) is 22.1. The molecular weight excluding hydrogens is 456 g/mol. The lowest BCUT2D eigenvalue weighted by molar-refractivity contribution is -0.386. The third-order valence-corrected chi connectivity index (χ3v) is 5.47. The van der Waals surface area contributed by atoms with Gasteiger partial charge in [0.05, 0.1) is 29.6 Å². The molecule has 0 spiro atoms. The lowest BCUT2D eigenvalue weighted by Gasteiger charge is -2.26. The van der Waals surface area contributed by atoms with Gasteiger partial charge in [0.15, 0.2) is 10.8 Å². The summed E-state index contributed by atoms with van der Waals surface area (Å²) in [6, 6.07) is -0.633. The molecular formula is C17H18Cl2FN7O4. The van der Waals surface area contributed by atoms with Crippen LogP contribution in [0.25, 0.3) is 11.0 Å². The zero-order valence-corrected chi connectivity index (χ0v) is 17.9. The molecule has 3 aromatic rings. The number of halogens is 3. The molecule has 1 saturated heterocycles. The molecule has 0 saturated carbocycles. The summed E-state index contributed by atoms with van der Waals surface area (Å²) < 4.78 is 27.9. The van der Waals surface area contributed by atoms with E-state index in [0.717, 1.165) is 0 Å². The molecule has 166 valence electrons. The number of ether oxygens (including phenoxy) is 2. The molecule has 0 N–H and O–H groups in total. The largest absolute Gasteiger partial charge is 0.472 e. The molecule has 0 unspecified atom stereocenters. The van der Waals surface area contributed by atoms with Crippen molar-refractivity contribution in [3.05, 3.63) is 32.4 Å². The van der Waals surface area contributed by atoms with E-state index in [1.165, 1.54) is 17.8 Å². The Morgan fingerprint density at radius 2 is 2.23 bits per heavy atom. The summed E-state index contributed by atoms with van der Waals surface area (Å²) in [6.07, 6.45) is 0.991. The molecule has 3 aromatic heterocycles. The highest BCUT2D eigenvalue weighted by Gasteiger charge is 2.34. The number of nitro groups is 1. The lowest BCUT2D eigenvalue weighted by Crippen LogP contribution is -2.32. The fraction of sp³-hybridized carbons (Fsp3) is 0.529. The third kappa shape index (κ3) is 4.27. The van der Waals surface area contributed by atoms with Crippen LogP contribution in [0.4, 0.5) is 10.1 Å². The highest BCUT2D eigenvalue weighted by atomic mass is 35.5. The molecule has 2 atom stereocenters. The Kier molecular flexibility index (Phi) is 6.21. The Labute approximate surface area is 185 Å². The minimum Gasteiger partial charge on any atom is -0.472 e. The van der Waals surface area contributed by atoms with Crippen molar-refractivity contribution in [1.82, 2.24) is 29.5 Å². The number of hydrogen-bond donors (Lipinski definition) is 0. The molecule has 1 fully saturated rings. The van der Waals surface area contributed by atoms with Gasteiger partial charge in [-0.2, -0.15) is 10.1 Å². The number of nitrogens with zero attached hydrogens (tertiary/aromatic N) is 7. The minimum atomic E-state index is -1.30. The number of aryl methyl sites for hydroxylation is 1. The van der Waals surface area contributed by atoms with E-state index in [-0.39, 0.29) is 40.9 Å². The third-order valence-electron chi connectivity index (χ3n) is 5.00. The SMILES string of the molecule is Cc1c([N+](=O)[O-])c(OCCCn2nc(Cl)c3cnc(Cl)nc32)nn1[C@H]1CCOC[C@@H]1F. The van der Waals surface area contributed by atoms with Gasteiger partial charge in [0, 0.05) is 25.8 Å². The normalized spacial score (nSPS) is 19.1. The summed E-state index contributed by atoms with van der Waals surface area (Å²) in [7, 11) is 0. The molecule has 0 aromatic carbocycles. The first-order chi connectivity index (χ1) is 14.9. The van der Waals surface area contributed by atoms with E-state index in [9.17, 15) is 14.5 Å². The van der Waals surface area contributed by atoms with Crippen LogP contribution in [0.1, 0.15) is 24.6 Å². The van der Waals surface area contributed by atoms with Crippen molar-refractivity contribution < 1.29 is 18.8 Å². The van der Waals surface area contributed by atoms with E-state index in [1.54, 1.807) is 4.68 Å². The highest BCUT2D eigenvalue weighted by molar-refractivity contribution is 6.34. The maximum Gasteiger partial charge on any atom is 0.352 e. The van der Waals surface area contributed by atoms with Crippen molar-refractivity contribution in [2.75, 3.05) is 19.8 Å². The van der Waals surface area contributed by atoms with Crippen LogP contribution in [-0.2, 0) is 11.3 Å². The molecule has 11 nitrogen and oxygen atoms in total. The highest BCUT2D eigenvalue weighted by Crippen LogP contribution is 2.35. The van der Waals surface area contributed by atoms with E-state index in [4.69, 9.17) is 32.7 Å². The average Bonchev–Trinajstić information content (AvgIpc) is 3.22. The summed E-state index contributed by atoms with van der Waals surface area (Å²) in [6.45, 7) is 2.31. The summed E-state index contributed by atoms with van der Waals surface area (Å²) in [4.78, 5) is 19.0. The van der Waals surface area contributed by atoms with Gasteiger partial charge in [0.1, 0.15) is 11.9 Å². The Bertz CT molecular complexity index is 1120. The fourth-order valence-corrected chi connectivity index (χ4v) is 3.88. The van der Waals surface area contributed by atoms with E-state index in [1.807, 2.05) is 0 Å². The fourth-order valence-electron chi connectivity index (χ4n) is 3.52. The maximum atomic E-state index is 14.3. The number of alkyl halides is 1. The second kappa shape index (κ2) is 8.89. The molecule has 1 aliphatic rings. The van der Waals surface area contributed by atoms with Gasteiger partial charge >= 0.3 is 11.6 Å². The molecule has 1 aliphatic heterocycles. The van der Waals surface area contributed by atoms with Gasteiger partial charge in [-0.3, -0.25) is 14.8 Å². The smallest absolute Gasteiger partial charge is 0.352 e. The van der Waals surface area contributed by atoms with Gasteiger partial charge in [0.25, 0.3) is 0 Å². The summed E-state index contributed by atoms with van der Waals surface area (Å²) >= 11 is 11.9. The van der Waals surface area contributed by atoms with E-state index in [2.05, 4.69) is 20.2 Å². The van der Waals surface area contributed by atoms with Crippen LogP contribution in [-0.4, -0.2) is 60.4 Å².